The molecule has 1 fully saturated rings. The summed E-state index contributed by atoms with van der Waals surface area (Å²) in [4.78, 5) is 12.3. The number of nitrogens with two attached hydrogens (primary N) is 1. The average Bonchev–Trinajstić information content (AvgIpc) is 2.96. The predicted octanol–water partition coefficient (Wildman–Crippen LogP) is 3.28. The molecule has 0 spiro atoms. The van der Waals surface area contributed by atoms with E-state index in [0.717, 1.165) is 5.56 Å². The Morgan fingerprint density at radius 2 is 1.70 bits per heavy atom. The van der Waals surface area contributed by atoms with Crippen LogP contribution < -0.4 is 10.5 Å². The summed E-state index contributed by atoms with van der Waals surface area (Å²) in [6.07, 6.45) is 1.12. The van der Waals surface area contributed by atoms with Gasteiger partial charge in [0.2, 0.25) is 10.0 Å². The first kappa shape index (κ1) is 25.0. The zero-order valence-corrected chi connectivity index (χ0v) is 20.0. The topological polar surface area (TPSA) is 117 Å². The summed E-state index contributed by atoms with van der Waals surface area (Å²) < 4.78 is 41.0. The molecule has 0 atom stereocenters. The molecule has 3 rings (SSSR count). The SMILES string of the molecule is CC1(C)OB(C(=Cc2cccc(S(N)(=O)=O)c2)CNC(=O)OCc2ccccc2)OC1(C)C. The second kappa shape index (κ2) is 9.68. The zero-order chi connectivity index (χ0) is 24.3. The highest BCUT2D eigenvalue weighted by Crippen LogP contribution is 2.38. The molecule has 176 valence electrons. The van der Waals surface area contributed by atoms with Crippen molar-refractivity contribution in [1.82, 2.24) is 5.32 Å². The van der Waals surface area contributed by atoms with Crippen LogP contribution in [0.3, 0.4) is 0 Å². The van der Waals surface area contributed by atoms with Crippen molar-refractivity contribution in [2.75, 3.05) is 6.54 Å². The summed E-state index contributed by atoms with van der Waals surface area (Å²) in [7, 11) is -4.61. The second-order valence-electron chi connectivity index (χ2n) is 8.84. The van der Waals surface area contributed by atoms with Crippen LogP contribution in [0.2, 0.25) is 0 Å². The fourth-order valence-electron chi connectivity index (χ4n) is 3.14. The third kappa shape index (κ3) is 6.45. The highest BCUT2D eigenvalue weighted by atomic mass is 32.2. The Morgan fingerprint density at radius 1 is 1.06 bits per heavy atom. The molecule has 3 N–H and O–H groups in total. The van der Waals surface area contributed by atoms with Crippen LogP contribution in [0.5, 0.6) is 0 Å². The van der Waals surface area contributed by atoms with Crippen molar-refractivity contribution in [1.29, 1.82) is 0 Å². The molecule has 1 amide bonds. The Kier molecular flexibility index (Phi) is 7.33. The highest BCUT2D eigenvalue weighted by Gasteiger charge is 2.52. The average molecular weight is 472 g/mol. The maximum atomic E-state index is 12.3. The lowest BCUT2D eigenvalue weighted by Gasteiger charge is -2.32. The normalized spacial score (nSPS) is 17.6. The molecular formula is C23H29BN2O6S. The lowest BCUT2D eigenvalue weighted by Crippen LogP contribution is -2.41. The zero-order valence-electron chi connectivity index (χ0n) is 19.2. The van der Waals surface area contributed by atoms with Gasteiger partial charge >= 0.3 is 13.2 Å². The van der Waals surface area contributed by atoms with E-state index in [1.54, 1.807) is 18.2 Å². The van der Waals surface area contributed by atoms with Crippen molar-refractivity contribution in [3.63, 3.8) is 0 Å². The number of amides is 1. The number of benzene rings is 2. The van der Waals surface area contributed by atoms with Gasteiger partial charge in [0.25, 0.3) is 0 Å². The molecule has 0 radical (unpaired) electrons. The molecular weight excluding hydrogens is 443 g/mol. The van der Waals surface area contributed by atoms with Gasteiger partial charge in [-0.15, -0.1) is 0 Å². The number of sulfonamides is 1. The molecule has 1 aliphatic rings. The highest BCUT2D eigenvalue weighted by molar-refractivity contribution is 7.89. The van der Waals surface area contributed by atoms with Gasteiger partial charge in [0.15, 0.2) is 0 Å². The molecule has 0 bridgehead atoms. The van der Waals surface area contributed by atoms with Gasteiger partial charge in [0, 0.05) is 6.54 Å². The maximum Gasteiger partial charge on any atom is 0.492 e. The molecule has 10 heteroatoms. The second-order valence-corrected chi connectivity index (χ2v) is 10.4. The molecule has 33 heavy (non-hydrogen) atoms. The molecule has 0 saturated carbocycles. The first-order valence-electron chi connectivity index (χ1n) is 10.5. The smallest absolute Gasteiger partial charge is 0.445 e. The minimum Gasteiger partial charge on any atom is -0.445 e. The Hall–Kier alpha value is -2.66. The van der Waals surface area contributed by atoms with Gasteiger partial charge in [0.1, 0.15) is 6.61 Å². The lowest BCUT2D eigenvalue weighted by molar-refractivity contribution is 0.00578. The van der Waals surface area contributed by atoms with Crippen LogP contribution in [0.1, 0.15) is 38.8 Å². The molecule has 8 nitrogen and oxygen atoms in total. The quantitative estimate of drug-likeness (QED) is 0.598. The van der Waals surface area contributed by atoms with E-state index in [4.69, 9.17) is 19.2 Å². The van der Waals surface area contributed by atoms with Gasteiger partial charge in [0.05, 0.1) is 16.1 Å². The maximum absolute atomic E-state index is 12.3. The number of alkyl carbamates (subject to hydrolysis) is 1. The third-order valence-corrected chi connectivity index (χ3v) is 6.66. The number of carbonyl (C=O) groups excluding carboxylic acids is 1. The Balaban J connectivity index is 1.79. The summed E-state index contributed by atoms with van der Waals surface area (Å²) in [6, 6.07) is 15.5. The van der Waals surface area contributed by atoms with Gasteiger partial charge in [-0.2, -0.15) is 0 Å². The summed E-state index contributed by atoms with van der Waals surface area (Å²) in [5.41, 5.74) is 0.858. The number of hydrogen-bond acceptors (Lipinski definition) is 6. The van der Waals surface area contributed by atoms with Gasteiger partial charge in [-0.3, -0.25) is 0 Å². The van der Waals surface area contributed by atoms with Crippen molar-refractivity contribution < 1.29 is 27.3 Å². The summed E-state index contributed by atoms with van der Waals surface area (Å²) >= 11 is 0. The number of hydrogen-bond donors (Lipinski definition) is 2. The number of primary sulfonamides is 1. The number of rotatable bonds is 7. The van der Waals surface area contributed by atoms with Crippen LogP contribution >= 0.6 is 0 Å². The van der Waals surface area contributed by atoms with Gasteiger partial charge < -0.3 is 19.4 Å². The summed E-state index contributed by atoms with van der Waals surface area (Å²) in [6.45, 7) is 7.91. The minimum atomic E-state index is -3.86. The van der Waals surface area contributed by atoms with Crippen molar-refractivity contribution >= 4 is 29.3 Å². The van der Waals surface area contributed by atoms with Crippen LogP contribution in [0.25, 0.3) is 6.08 Å². The first-order valence-corrected chi connectivity index (χ1v) is 12.1. The van der Waals surface area contributed by atoms with E-state index >= 15 is 0 Å². The third-order valence-electron chi connectivity index (χ3n) is 5.74. The van der Waals surface area contributed by atoms with E-state index in [1.807, 2.05) is 58.0 Å². The lowest BCUT2D eigenvalue weighted by atomic mass is 9.77. The monoisotopic (exact) mass is 472 g/mol. The van der Waals surface area contributed by atoms with Crippen molar-refractivity contribution in [3.8, 4) is 0 Å². The number of nitrogens with one attached hydrogen (secondary N) is 1. The summed E-state index contributed by atoms with van der Waals surface area (Å²) in [5, 5.41) is 7.98. The van der Waals surface area contributed by atoms with Crippen LogP contribution in [-0.2, 0) is 30.7 Å². The van der Waals surface area contributed by atoms with E-state index < -0.39 is 34.4 Å². The minimum absolute atomic E-state index is 0.0141. The van der Waals surface area contributed by atoms with Gasteiger partial charge in [-0.25, -0.2) is 18.4 Å². The van der Waals surface area contributed by atoms with Crippen LogP contribution in [0.4, 0.5) is 4.79 Å². The number of ether oxygens (including phenoxy) is 1. The Morgan fingerprint density at radius 3 is 2.30 bits per heavy atom. The van der Waals surface area contributed by atoms with E-state index in [9.17, 15) is 13.2 Å². The fourth-order valence-corrected chi connectivity index (χ4v) is 3.71. The number of carbonyl (C=O) groups is 1. The first-order chi connectivity index (χ1) is 15.4. The van der Waals surface area contributed by atoms with Gasteiger partial charge in [-0.1, -0.05) is 48.5 Å². The predicted molar refractivity (Wildman–Crippen MR) is 127 cm³/mol. The molecule has 0 aromatic heterocycles. The Labute approximate surface area is 195 Å². The van der Waals surface area contributed by atoms with Crippen molar-refractivity contribution in [2.24, 2.45) is 5.14 Å². The largest absolute Gasteiger partial charge is 0.492 e. The van der Waals surface area contributed by atoms with E-state index in [-0.39, 0.29) is 18.0 Å². The summed E-state index contributed by atoms with van der Waals surface area (Å²) in [5.74, 6) is 0. The van der Waals surface area contributed by atoms with Crippen LogP contribution in [0.15, 0.2) is 65.0 Å². The van der Waals surface area contributed by atoms with E-state index in [1.165, 1.54) is 12.1 Å². The van der Waals surface area contributed by atoms with Crippen LogP contribution in [0, 0.1) is 0 Å². The van der Waals surface area contributed by atoms with Gasteiger partial charge in [-0.05, 0) is 56.4 Å². The molecule has 0 unspecified atom stereocenters. The molecule has 2 aromatic rings. The molecule has 1 heterocycles. The standard InChI is InChI=1S/C23H29BN2O6S/c1-22(2)23(3,4)32-24(31-22)19(13-18-11-8-12-20(14-18)33(25,28)29)15-26-21(27)30-16-17-9-6-5-7-10-17/h5-14H,15-16H2,1-4H3,(H,26,27)(H2,25,28,29). The Bertz CT molecular complexity index is 1120. The molecule has 1 saturated heterocycles. The van der Waals surface area contributed by atoms with Crippen LogP contribution in [-0.4, -0.2) is 39.4 Å². The van der Waals surface area contributed by atoms with Crippen molar-refractivity contribution in [3.05, 3.63) is 71.2 Å². The van der Waals surface area contributed by atoms with E-state index in [2.05, 4.69) is 5.32 Å². The molecule has 1 aliphatic heterocycles. The molecule has 2 aromatic carbocycles. The molecule has 0 aliphatic carbocycles. The van der Waals surface area contributed by atoms with Crippen molar-refractivity contribution in [2.45, 2.75) is 50.4 Å². The fraction of sp³-hybridized carbons (Fsp3) is 0.348. The van der Waals surface area contributed by atoms with E-state index in [0.29, 0.717) is 11.0 Å².